The number of nitrogens with zero attached hydrogens (tertiary/aromatic N) is 2. The van der Waals surface area contributed by atoms with Crippen LogP contribution in [0.4, 0.5) is 5.69 Å². The molecule has 15 heavy (non-hydrogen) atoms. The first-order valence-electron chi connectivity index (χ1n) is 5.12. The summed E-state index contributed by atoms with van der Waals surface area (Å²) in [6, 6.07) is 5.85. The fourth-order valence-electron chi connectivity index (χ4n) is 2.01. The minimum atomic E-state index is -0.433. The van der Waals surface area contributed by atoms with Crippen molar-refractivity contribution < 1.29 is 5.02 Å². The molecule has 4 heteroatoms. The summed E-state index contributed by atoms with van der Waals surface area (Å²) in [5, 5.41) is 9.51. The number of rotatable bonds is 1. The van der Waals surface area contributed by atoms with Gasteiger partial charge in [0.25, 0.3) is 0 Å². The van der Waals surface area contributed by atoms with E-state index in [1.54, 1.807) is 6.82 Å². The van der Waals surface area contributed by atoms with E-state index >= 15 is 0 Å². The van der Waals surface area contributed by atoms with Crippen LogP contribution >= 0.6 is 0 Å². The second-order valence-electron chi connectivity index (χ2n) is 3.88. The molecule has 0 amide bonds. The zero-order chi connectivity index (χ0) is 10.8. The summed E-state index contributed by atoms with van der Waals surface area (Å²) in [6.07, 6.45) is 0.920. The van der Waals surface area contributed by atoms with Gasteiger partial charge in [0.15, 0.2) is 5.69 Å². The summed E-state index contributed by atoms with van der Waals surface area (Å²) in [7, 11) is -0.433. The fraction of sp³-hybridized carbons (Fsp3) is 0.364. The molecule has 0 unspecified atom stereocenters. The van der Waals surface area contributed by atoms with Crippen LogP contribution in [0.15, 0.2) is 18.2 Å². The molecule has 0 saturated heterocycles. The van der Waals surface area contributed by atoms with Gasteiger partial charge in [-0.3, -0.25) is 0 Å². The summed E-state index contributed by atoms with van der Waals surface area (Å²) >= 11 is 0. The third-order valence-corrected chi connectivity index (χ3v) is 2.93. The molecule has 1 aromatic rings. The molecule has 0 saturated carbocycles. The van der Waals surface area contributed by atoms with Crippen LogP contribution in [0.3, 0.4) is 0 Å². The summed E-state index contributed by atoms with van der Waals surface area (Å²) < 4.78 is 0. The fourth-order valence-corrected chi connectivity index (χ4v) is 2.01. The maximum Gasteiger partial charge on any atom is 0.376 e. The number of fused-ring (bicyclic) bond motifs is 1. The van der Waals surface area contributed by atoms with E-state index in [2.05, 4.69) is 10.9 Å². The van der Waals surface area contributed by atoms with Gasteiger partial charge in [-0.05, 0) is 25.4 Å². The van der Waals surface area contributed by atoms with Gasteiger partial charge in [-0.1, -0.05) is 23.8 Å². The van der Waals surface area contributed by atoms with Gasteiger partial charge in [0.05, 0.1) is 6.57 Å². The van der Waals surface area contributed by atoms with Crippen molar-refractivity contribution in [2.24, 2.45) is 0 Å². The first kappa shape index (κ1) is 10.2. The zero-order valence-corrected chi connectivity index (χ0v) is 8.77. The summed E-state index contributed by atoms with van der Waals surface area (Å²) in [6.45, 7) is 10.4. The molecular formula is C11H13BN2O. The van der Waals surface area contributed by atoms with Crippen molar-refractivity contribution in [2.75, 3.05) is 6.54 Å². The van der Waals surface area contributed by atoms with Crippen LogP contribution in [0.2, 0.25) is 6.82 Å². The topological polar surface area (TPSA) is 27.8 Å². The molecule has 1 heterocycles. The van der Waals surface area contributed by atoms with Crippen molar-refractivity contribution in [3.63, 3.8) is 0 Å². The average molecular weight is 200 g/mol. The molecule has 0 fully saturated rings. The lowest BCUT2D eigenvalue weighted by atomic mass is 9.81. The van der Waals surface area contributed by atoms with Crippen LogP contribution < -0.4 is 0 Å². The van der Waals surface area contributed by atoms with Gasteiger partial charge in [0.2, 0.25) is 0 Å². The molecule has 1 N–H and O–H groups in total. The second-order valence-corrected chi connectivity index (χ2v) is 3.88. The molecule has 1 aromatic carbocycles. The van der Waals surface area contributed by atoms with Gasteiger partial charge in [-0.25, -0.2) is 4.85 Å². The molecule has 0 aliphatic carbocycles. The first-order valence-corrected chi connectivity index (χ1v) is 5.12. The Balaban J connectivity index is 2.35. The van der Waals surface area contributed by atoms with E-state index in [-0.39, 0.29) is 0 Å². The number of hydrogen-bond acceptors (Lipinski definition) is 2. The van der Waals surface area contributed by atoms with E-state index < -0.39 is 7.05 Å². The predicted octanol–water partition coefficient (Wildman–Crippen LogP) is 1.71. The summed E-state index contributed by atoms with van der Waals surface area (Å²) in [4.78, 5) is 5.50. The van der Waals surface area contributed by atoms with E-state index in [1.165, 1.54) is 5.56 Å². The molecule has 2 rings (SSSR count). The van der Waals surface area contributed by atoms with Crippen LogP contribution in [0.1, 0.15) is 11.1 Å². The van der Waals surface area contributed by atoms with Crippen molar-refractivity contribution in [1.29, 1.82) is 0 Å². The summed E-state index contributed by atoms with van der Waals surface area (Å²) in [5.41, 5.74) is 3.05. The van der Waals surface area contributed by atoms with Crippen LogP contribution in [-0.2, 0) is 13.0 Å². The third kappa shape index (κ3) is 1.89. The molecule has 0 radical (unpaired) electrons. The zero-order valence-electron chi connectivity index (χ0n) is 8.77. The highest BCUT2D eigenvalue weighted by atomic mass is 16.2. The predicted molar refractivity (Wildman–Crippen MR) is 60.7 cm³/mol. The molecule has 1 aliphatic rings. The highest BCUT2D eigenvalue weighted by Gasteiger charge is 2.23. The quantitative estimate of drug-likeness (QED) is 0.552. The summed E-state index contributed by atoms with van der Waals surface area (Å²) in [5.74, 6) is 0. The Kier molecular flexibility index (Phi) is 2.76. The molecule has 76 valence electrons. The standard InChI is InChI=1S/C11H13BN2O/c1-12(15)14-7-6-9-4-3-5-11(13-2)10(9)8-14/h3-5,15H,6-8H2,1H3. The van der Waals surface area contributed by atoms with E-state index in [9.17, 15) is 5.02 Å². The maximum atomic E-state index is 9.51. The van der Waals surface area contributed by atoms with Gasteiger partial charge < -0.3 is 9.83 Å². The van der Waals surface area contributed by atoms with Crippen molar-refractivity contribution in [3.05, 3.63) is 40.7 Å². The molecule has 0 atom stereocenters. The third-order valence-electron chi connectivity index (χ3n) is 2.93. The Morgan fingerprint density at radius 3 is 3.00 bits per heavy atom. The minimum absolute atomic E-state index is 0.433. The number of benzene rings is 1. The van der Waals surface area contributed by atoms with Crippen molar-refractivity contribution >= 4 is 12.7 Å². The highest BCUT2D eigenvalue weighted by molar-refractivity contribution is 6.45. The van der Waals surface area contributed by atoms with Gasteiger partial charge in [-0.2, -0.15) is 0 Å². The van der Waals surface area contributed by atoms with Crippen LogP contribution in [-0.4, -0.2) is 23.4 Å². The SMILES string of the molecule is [C-]#[N+]c1cccc2c1CN(B(C)O)CC2. The monoisotopic (exact) mass is 200 g/mol. The Bertz CT molecular complexity index is 412. The molecule has 1 aliphatic heterocycles. The largest absolute Gasteiger partial charge is 0.437 e. The molecule has 0 spiro atoms. The normalized spacial score (nSPS) is 15.5. The number of hydrogen-bond donors (Lipinski definition) is 1. The van der Waals surface area contributed by atoms with E-state index in [0.29, 0.717) is 6.54 Å². The smallest absolute Gasteiger partial charge is 0.376 e. The van der Waals surface area contributed by atoms with Gasteiger partial charge in [-0.15, -0.1) is 0 Å². The van der Waals surface area contributed by atoms with Crippen LogP contribution in [0, 0.1) is 6.57 Å². The van der Waals surface area contributed by atoms with Crippen molar-refractivity contribution in [3.8, 4) is 0 Å². The minimum Gasteiger partial charge on any atom is -0.437 e. The van der Waals surface area contributed by atoms with Crippen molar-refractivity contribution in [1.82, 2.24) is 4.81 Å². The molecule has 3 nitrogen and oxygen atoms in total. The molecule has 0 bridgehead atoms. The molecular weight excluding hydrogens is 187 g/mol. The van der Waals surface area contributed by atoms with E-state index in [1.807, 2.05) is 16.9 Å². The first-order chi connectivity index (χ1) is 7.22. The Morgan fingerprint density at radius 1 is 1.53 bits per heavy atom. The highest BCUT2D eigenvalue weighted by Crippen LogP contribution is 2.28. The lowest BCUT2D eigenvalue weighted by Gasteiger charge is -2.30. The van der Waals surface area contributed by atoms with Gasteiger partial charge in [0.1, 0.15) is 0 Å². The Labute approximate surface area is 90.3 Å². The Hall–Kier alpha value is -1.31. The van der Waals surface area contributed by atoms with E-state index in [0.717, 1.165) is 24.2 Å². The van der Waals surface area contributed by atoms with Crippen molar-refractivity contribution in [2.45, 2.75) is 19.8 Å². The lowest BCUT2D eigenvalue weighted by molar-refractivity contribution is 0.348. The van der Waals surface area contributed by atoms with E-state index in [4.69, 9.17) is 6.57 Å². The van der Waals surface area contributed by atoms with Gasteiger partial charge >= 0.3 is 7.05 Å². The Morgan fingerprint density at radius 2 is 2.33 bits per heavy atom. The lowest BCUT2D eigenvalue weighted by Crippen LogP contribution is -2.40. The second kappa shape index (κ2) is 4.05. The average Bonchev–Trinajstić information content (AvgIpc) is 2.27. The van der Waals surface area contributed by atoms with Crippen LogP contribution in [0.5, 0.6) is 0 Å². The van der Waals surface area contributed by atoms with Crippen LogP contribution in [0.25, 0.3) is 4.85 Å². The molecule has 0 aromatic heterocycles. The van der Waals surface area contributed by atoms with Gasteiger partial charge in [0, 0.05) is 6.54 Å². The maximum absolute atomic E-state index is 9.51.